The van der Waals surface area contributed by atoms with E-state index in [1.54, 1.807) is 19.1 Å². The Hall–Kier alpha value is -1.09. The molecule has 0 fully saturated rings. The summed E-state index contributed by atoms with van der Waals surface area (Å²) in [5.74, 6) is -0.296. The number of rotatable bonds is 4. The topological polar surface area (TPSA) is 29.1 Å². The van der Waals surface area contributed by atoms with Gasteiger partial charge in [0.15, 0.2) is 0 Å². The average molecular weight is 244 g/mol. The summed E-state index contributed by atoms with van der Waals surface area (Å²) in [6.45, 7) is 3.62. The second-order valence-electron chi connectivity index (χ2n) is 3.84. The fourth-order valence-electron chi connectivity index (χ4n) is 1.26. The number of alkyl halides is 1. The summed E-state index contributed by atoms with van der Waals surface area (Å²) in [5.41, 5.74) is 0.872. The minimum Gasteiger partial charge on any atom is -0.349 e. The molecule has 1 aromatic rings. The molecule has 2 nitrogen and oxygen atoms in total. The number of nitrogens with one attached hydrogen (secondary N) is 1. The van der Waals surface area contributed by atoms with E-state index < -0.39 is 0 Å². The van der Waals surface area contributed by atoms with Crippen LogP contribution < -0.4 is 5.32 Å². The third-order valence-electron chi connectivity index (χ3n) is 2.41. The van der Waals surface area contributed by atoms with Gasteiger partial charge in [0.1, 0.15) is 5.82 Å². The van der Waals surface area contributed by atoms with Gasteiger partial charge in [0.2, 0.25) is 5.91 Å². The number of carbonyl (C=O) groups excluding carboxylic acids is 1. The number of benzene rings is 1. The Balaban J connectivity index is 2.62. The first-order valence-corrected chi connectivity index (χ1v) is 5.70. The van der Waals surface area contributed by atoms with E-state index in [-0.39, 0.29) is 23.7 Å². The Morgan fingerprint density at radius 2 is 1.94 bits per heavy atom. The fourth-order valence-corrected chi connectivity index (χ4v) is 1.40. The molecular formula is C12H15ClFNO. The predicted octanol–water partition coefficient (Wildman–Crippen LogP) is 2.88. The summed E-state index contributed by atoms with van der Waals surface area (Å²) in [5, 5.41) is 2.82. The van der Waals surface area contributed by atoms with Crippen LogP contribution in [0.1, 0.15) is 25.5 Å². The molecule has 0 aliphatic rings. The van der Waals surface area contributed by atoms with Crippen molar-refractivity contribution in [3.63, 3.8) is 0 Å². The SMILES string of the molecule is CC(CCl)C(=O)N[C@H](C)c1ccc(F)cc1. The van der Waals surface area contributed by atoms with Crippen molar-refractivity contribution in [1.82, 2.24) is 5.32 Å². The third-order valence-corrected chi connectivity index (χ3v) is 2.87. The molecule has 0 aromatic heterocycles. The van der Waals surface area contributed by atoms with Gasteiger partial charge in [-0.3, -0.25) is 4.79 Å². The third kappa shape index (κ3) is 3.49. The minimum atomic E-state index is -0.281. The number of amides is 1. The largest absolute Gasteiger partial charge is 0.349 e. The molecule has 16 heavy (non-hydrogen) atoms. The van der Waals surface area contributed by atoms with Gasteiger partial charge in [-0.1, -0.05) is 19.1 Å². The molecule has 0 aliphatic heterocycles. The predicted molar refractivity (Wildman–Crippen MR) is 62.8 cm³/mol. The first kappa shape index (κ1) is 13.0. The highest BCUT2D eigenvalue weighted by atomic mass is 35.5. The maximum atomic E-state index is 12.7. The monoisotopic (exact) mass is 243 g/mol. The lowest BCUT2D eigenvalue weighted by atomic mass is 10.1. The van der Waals surface area contributed by atoms with Gasteiger partial charge in [-0.15, -0.1) is 11.6 Å². The molecule has 1 rings (SSSR count). The maximum absolute atomic E-state index is 12.7. The molecule has 0 saturated heterocycles. The van der Waals surface area contributed by atoms with Crippen LogP contribution >= 0.6 is 11.6 Å². The van der Waals surface area contributed by atoms with E-state index in [0.29, 0.717) is 5.88 Å². The summed E-state index contributed by atoms with van der Waals surface area (Å²) in [4.78, 5) is 11.6. The van der Waals surface area contributed by atoms with Crippen molar-refractivity contribution in [3.05, 3.63) is 35.6 Å². The Bertz CT molecular complexity index is 353. The molecule has 0 heterocycles. The van der Waals surface area contributed by atoms with Crippen LogP contribution in [0.5, 0.6) is 0 Å². The van der Waals surface area contributed by atoms with E-state index in [4.69, 9.17) is 11.6 Å². The number of halogens is 2. The molecule has 1 amide bonds. The fraction of sp³-hybridized carbons (Fsp3) is 0.417. The normalized spacial score (nSPS) is 14.2. The molecule has 1 unspecified atom stereocenters. The van der Waals surface area contributed by atoms with Gasteiger partial charge in [0.25, 0.3) is 0 Å². The Morgan fingerprint density at radius 1 is 1.38 bits per heavy atom. The van der Waals surface area contributed by atoms with Gasteiger partial charge in [0.05, 0.1) is 6.04 Å². The average Bonchev–Trinajstić information content (AvgIpc) is 2.28. The second-order valence-corrected chi connectivity index (χ2v) is 4.15. The van der Waals surface area contributed by atoms with Crippen molar-refractivity contribution < 1.29 is 9.18 Å². The molecule has 0 radical (unpaired) electrons. The molecule has 2 atom stereocenters. The lowest BCUT2D eigenvalue weighted by Gasteiger charge is -2.16. The Morgan fingerprint density at radius 3 is 2.44 bits per heavy atom. The van der Waals surface area contributed by atoms with Crippen LogP contribution in [-0.2, 0) is 4.79 Å². The van der Waals surface area contributed by atoms with Gasteiger partial charge in [-0.05, 0) is 24.6 Å². The molecule has 1 aromatic carbocycles. The lowest BCUT2D eigenvalue weighted by molar-refractivity contribution is -0.124. The highest BCUT2D eigenvalue weighted by Crippen LogP contribution is 2.13. The maximum Gasteiger partial charge on any atom is 0.224 e. The first-order chi connectivity index (χ1) is 7.54. The van der Waals surface area contributed by atoms with Crippen molar-refractivity contribution in [2.75, 3.05) is 5.88 Å². The van der Waals surface area contributed by atoms with Crippen molar-refractivity contribution >= 4 is 17.5 Å². The summed E-state index contributed by atoms with van der Waals surface area (Å²) in [6.07, 6.45) is 0. The van der Waals surface area contributed by atoms with Gasteiger partial charge in [0, 0.05) is 11.8 Å². The number of hydrogen-bond donors (Lipinski definition) is 1. The van der Waals surface area contributed by atoms with Crippen LogP contribution in [0.2, 0.25) is 0 Å². The zero-order valence-electron chi connectivity index (χ0n) is 9.34. The van der Waals surface area contributed by atoms with Crippen LogP contribution in [-0.4, -0.2) is 11.8 Å². The Kier molecular flexibility index (Phi) is 4.74. The van der Waals surface area contributed by atoms with Crippen LogP contribution in [0.3, 0.4) is 0 Å². The molecular weight excluding hydrogens is 229 g/mol. The van der Waals surface area contributed by atoms with E-state index in [2.05, 4.69) is 5.32 Å². The molecule has 0 saturated carbocycles. The quantitative estimate of drug-likeness (QED) is 0.810. The van der Waals surface area contributed by atoms with Crippen LogP contribution in [0.25, 0.3) is 0 Å². The van der Waals surface area contributed by atoms with Crippen molar-refractivity contribution in [2.24, 2.45) is 5.92 Å². The molecule has 0 aliphatic carbocycles. The second kappa shape index (κ2) is 5.85. The smallest absolute Gasteiger partial charge is 0.224 e. The van der Waals surface area contributed by atoms with Gasteiger partial charge >= 0.3 is 0 Å². The van der Waals surface area contributed by atoms with Crippen LogP contribution in [0.15, 0.2) is 24.3 Å². The zero-order valence-corrected chi connectivity index (χ0v) is 10.1. The summed E-state index contributed by atoms with van der Waals surface area (Å²) in [6, 6.07) is 5.93. The number of hydrogen-bond acceptors (Lipinski definition) is 1. The van der Waals surface area contributed by atoms with Gasteiger partial charge in [-0.25, -0.2) is 4.39 Å². The first-order valence-electron chi connectivity index (χ1n) is 5.16. The van der Waals surface area contributed by atoms with Crippen LogP contribution in [0.4, 0.5) is 4.39 Å². The highest BCUT2D eigenvalue weighted by molar-refractivity contribution is 6.19. The minimum absolute atomic E-state index is 0.0909. The highest BCUT2D eigenvalue weighted by Gasteiger charge is 2.14. The van der Waals surface area contributed by atoms with Gasteiger partial charge < -0.3 is 5.32 Å². The van der Waals surface area contributed by atoms with E-state index >= 15 is 0 Å². The lowest BCUT2D eigenvalue weighted by Crippen LogP contribution is -2.32. The van der Waals surface area contributed by atoms with E-state index in [9.17, 15) is 9.18 Å². The molecule has 0 bridgehead atoms. The summed E-state index contributed by atoms with van der Waals surface area (Å²) in [7, 11) is 0. The van der Waals surface area contributed by atoms with E-state index in [1.165, 1.54) is 12.1 Å². The summed E-state index contributed by atoms with van der Waals surface area (Å²) < 4.78 is 12.7. The molecule has 1 N–H and O–H groups in total. The van der Waals surface area contributed by atoms with E-state index in [0.717, 1.165) is 5.56 Å². The van der Waals surface area contributed by atoms with Crippen LogP contribution in [0, 0.1) is 11.7 Å². The van der Waals surface area contributed by atoms with Crippen molar-refractivity contribution in [3.8, 4) is 0 Å². The summed E-state index contributed by atoms with van der Waals surface area (Å²) >= 11 is 5.59. The number of carbonyl (C=O) groups is 1. The van der Waals surface area contributed by atoms with Gasteiger partial charge in [-0.2, -0.15) is 0 Å². The van der Waals surface area contributed by atoms with Crippen molar-refractivity contribution in [1.29, 1.82) is 0 Å². The molecule has 4 heteroatoms. The van der Waals surface area contributed by atoms with E-state index in [1.807, 2.05) is 6.92 Å². The molecule has 0 spiro atoms. The van der Waals surface area contributed by atoms with Crippen molar-refractivity contribution in [2.45, 2.75) is 19.9 Å². The standard InChI is InChI=1S/C12H15ClFNO/c1-8(7-13)12(16)15-9(2)10-3-5-11(14)6-4-10/h3-6,8-9H,7H2,1-2H3,(H,15,16)/t8?,9-/m1/s1. The Labute approximate surface area is 99.8 Å². The molecule has 88 valence electrons. The zero-order chi connectivity index (χ0) is 12.1.